The molecule has 0 atom stereocenters. The Morgan fingerprint density at radius 1 is 1.07 bits per heavy atom. The molecule has 1 aliphatic rings. The van der Waals surface area contributed by atoms with Gasteiger partial charge in [-0.05, 0) is 42.3 Å². The number of amides is 1. The second-order valence-corrected chi connectivity index (χ2v) is 7.88. The van der Waals surface area contributed by atoms with Gasteiger partial charge in [0.05, 0.1) is 16.7 Å². The molecule has 29 heavy (non-hydrogen) atoms. The molecule has 1 N–H and O–H groups in total. The highest BCUT2D eigenvalue weighted by molar-refractivity contribution is 7.82. The van der Waals surface area contributed by atoms with Gasteiger partial charge >= 0.3 is 10.4 Å². The SMILES string of the molecule is O=C1CCc2cc(OCCC=NOS(=O)(=O)Oc3ccc(Cl)c(Cl)c3)ccc2N1. The number of aryl methyl sites for hydroxylation is 1. The lowest BCUT2D eigenvalue weighted by atomic mass is 10.0. The highest BCUT2D eigenvalue weighted by Crippen LogP contribution is 2.28. The van der Waals surface area contributed by atoms with Crippen LogP contribution in [0.4, 0.5) is 5.69 Å². The summed E-state index contributed by atoms with van der Waals surface area (Å²) in [6.45, 7) is 0.256. The molecule has 0 saturated heterocycles. The summed E-state index contributed by atoms with van der Waals surface area (Å²) in [4.78, 5) is 11.4. The van der Waals surface area contributed by atoms with Crippen molar-refractivity contribution in [3.05, 3.63) is 52.0 Å². The van der Waals surface area contributed by atoms with Crippen LogP contribution in [0.15, 0.2) is 41.6 Å². The van der Waals surface area contributed by atoms with Gasteiger partial charge in [0.25, 0.3) is 0 Å². The molecule has 0 spiro atoms. The highest BCUT2D eigenvalue weighted by Gasteiger charge is 2.16. The molecule has 0 bridgehead atoms. The van der Waals surface area contributed by atoms with Crippen LogP contribution in [0.2, 0.25) is 10.0 Å². The molecule has 8 nitrogen and oxygen atoms in total. The van der Waals surface area contributed by atoms with Crippen LogP contribution in [0.1, 0.15) is 18.4 Å². The van der Waals surface area contributed by atoms with Gasteiger partial charge in [-0.3, -0.25) is 4.79 Å². The third-order valence-corrected chi connectivity index (χ3v) is 5.19. The van der Waals surface area contributed by atoms with Crippen molar-refractivity contribution in [2.45, 2.75) is 19.3 Å². The number of halogens is 2. The summed E-state index contributed by atoms with van der Waals surface area (Å²) >= 11 is 11.5. The largest absolute Gasteiger partial charge is 0.521 e. The van der Waals surface area contributed by atoms with E-state index >= 15 is 0 Å². The Labute approximate surface area is 177 Å². The molecule has 0 aromatic heterocycles. The number of carbonyl (C=O) groups is 1. The average molecular weight is 459 g/mol. The second kappa shape index (κ2) is 9.34. The van der Waals surface area contributed by atoms with Crippen LogP contribution in [0, 0.1) is 0 Å². The smallest absolute Gasteiger partial charge is 0.493 e. The summed E-state index contributed by atoms with van der Waals surface area (Å²) < 4.78 is 38.1. The molecule has 11 heteroatoms. The second-order valence-electron chi connectivity index (χ2n) is 5.93. The molecule has 1 heterocycles. The van der Waals surface area contributed by atoms with Crippen LogP contribution in [0.25, 0.3) is 0 Å². The molecular formula is C18H16Cl2N2O6S. The van der Waals surface area contributed by atoms with E-state index < -0.39 is 10.4 Å². The van der Waals surface area contributed by atoms with Gasteiger partial charge in [-0.1, -0.05) is 28.4 Å². The first-order valence-corrected chi connectivity index (χ1v) is 10.6. The number of hydrogen-bond donors (Lipinski definition) is 1. The zero-order chi connectivity index (χ0) is 20.9. The Bertz CT molecular complexity index is 1040. The molecular weight excluding hydrogens is 443 g/mol. The summed E-state index contributed by atoms with van der Waals surface area (Å²) in [5.41, 5.74) is 1.79. The van der Waals surface area contributed by atoms with Gasteiger partial charge in [0.15, 0.2) is 0 Å². The minimum absolute atomic E-state index is 0.000437. The molecule has 0 fully saturated rings. The van der Waals surface area contributed by atoms with Crippen molar-refractivity contribution in [2.75, 3.05) is 11.9 Å². The standard InChI is InChI=1S/C18H16Cl2N2O6S/c19-15-5-3-14(11-16(15)20)27-29(24,25)28-21-8-1-9-26-13-4-6-17-12(10-13)2-7-18(23)22-17/h3-6,8,10-11H,1-2,7,9H2,(H,22,23). The maximum Gasteiger partial charge on any atom is 0.521 e. The van der Waals surface area contributed by atoms with Crippen LogP contribution in [0.3, 0.4) is 0 Å². The molecule has 0 saturated carbocycles. The van der Waals surface area contributed by atoms with E-state index in [-0.39, 0.29) is 28.3 Å². The van der Waals surface area contributed by atoms with E-state index in [9.17, 15) is 13.2 Å². The zero-order valence-corrected chi connectivity index (χ0v) is 17.3. The number of anilines is 1. The van der Waals surface area contributed by atoms with Crippen LogP contribution >= 0.6 is 23.2 Å². The van der Waals surface area contributed by atoms with Crippen molar-refractivity contribution in [2.24, 2.45) is 5.16 Å². The van der Waals surface area contributed by atoms with Crippen molar-refractivity contribution in [3.63, 3.8) is 0 Å². The molecule has 3 rings (SSSR count). The number of oxime groups is 1. The van der Waals surface area contributed by atoms with Gasteiger partial charge in [-0.15, -0.1) is 8.42 Å². The maximum atomic E-state index is 11.7. The molecule has 1 amide bonds. The molecule has 2 aromatic carbocycles. The molecule has 2 aromatic rings. The van der Waals surface area contributed by atoms with Crippen molar-refractivity contribution >= 4 is 51.4 Å². The number of rotatable bonds is 8. The first-order valence-electron chi connectivity index (χ1n) is 8.48. The van der Waals surface area contributed by atoms with E-state index in [0.717, 1.165) is 11.3 Å². The van der Waals surface area contributed by atoms with E-state index in [1.54, 1.807) is 12.1 Å². The third-order valence-electron chi connectivity index (χ3n) is 3.79. The first-order chi connectivity index (χ1) is 13.8. The Balaban J connectivity index is 1.43. The van der Waals surface area contributed by atoms with E-state index in [2.05, 4.69) is 14.8 Å². The first kappa shape index (κ1) is 21.2. The minimum Gasteiger partial charge on any atom is -0.493 e. The molecule has 154 valence electrons. The number of carbonyl (C=O) groups excluding carboxylic acids is 1. The van der Waals surface area contributed by atoms with Gasteiger partial charge in [0, 0.05) is 30.8 Å². The lowest BCUT2D eigenvalue weighted by Gasteiger charge is -2.17. The molecule has 0 aliphatic carbocycles. The summed E-state index contributed by atoms with van der Waals surface area (Å²) in [5.74, 6) is 0.590. The topological polar surface area (TPSA) is 103 Å². The monoisotopic (exact) mass is 458 g/mol. The van der Waals surface area contributed by atoms with E-state index in [1.807, 2.05) is 6.07 Å². The molecule has 0 radical (unpaired) electrons. The van der Waals surface area contributed by atoms with Gasteiger partial charge in [0.1, 0.15) is 11.5 Å². The number of ether oxygens (including phenoxy) is 1. The highest BCUT2D eigenvalue weighted by atomic mass is 35.5. The van der Waals surface area contributed by atoms with Crippen LogP contribution in [0.5, 0.6) is 11.5 Å². The molecule has 1 aliphatic heterocycles. The lowest BCUT2D eigenvalue weighted by molar-refractivity contribution is -0.116. The minimum atomic E-state index is -4.39. The molecule has 0 unspecified atom stereocenters. The predicted molar refractivity (Wildman–Crippen MR) is 109 cm³/mol. The summed E-state index contributed by atoms with van der Waals surface area (Å²) in [6.07, 6.45) is 2.65. The fraction of sp³-hybridized carbons (Fsp3) is 0.222. The quantitative estimate of drug-likeness (QED) is 0.364. The average Bonchev–Trinajstić information content (AvgIpc) is 2.67. The summed E-state index contributed by atoms with van der Waals surface area (Å²) in [7, 11) is -4.39. The van der Waals surface area contributed by atoms with E-state index in [0.29, 0.717) is 25.0 Å². The van der Waals surface area contributed by atoms with Gasteiger partial charge < -0.3 is 14.2 Å². The number of nitrogens with zero attached hydrogens (tertiary/aromatic N) is 1. The summed E-state index contributed by atoms with van der Waals surface area (Å²) in [5, 5.41) is 6.56. The third kappa shape index (κ3) is 6.25. The van der Waals surface area contributed by atoms with Crippen LogP contribution in [-0.2, 0) is 25.9 Å². The number of benzene rings is 2. The number of hydrogen-bond acceptors (Lipinski definition) is 7. The number of nitrogens with one attached hydrogen (secondary N) is 1. The van der Waals surface area contributed by atoms with Crippen molar-refractivity contribution in [1.82, 2.24) is 0 Å². The Hall–Kier alpha value is -2.49. The Kier molecular flexibility index (Phi) is 6.83. The van der Waals surface area contributed by atoms with Crippen molar-refractivity contribution in [3.8, 4) is 11.5 Å². The zero-order valence-electron chi connectivity index (χ0n) is 14.9. The fourth-order valence-electron chi connectivity index (χ4n) is 2.48. The maximum absolute atomic E-state index is 11.7. The lowest BCUT2D eigenvalue weighted by Crippen LogP contribution is -2.18. The predicted octanol–water partition coefficient (Wildman–Crippen LogP) is 3.97. The van der Waals surface area contributed by atoms with Crippen molar-refractivity contribution in [1.29, 1.82) is 0 Å². The van der Waals surface area contributed by atoms with E-state index in [1.165, 1.54) is 24.4 Å². The van der Waals surface area contributed by atoms with Gasteiger partial charge in [-0.25, -0.2) is 4.28 Å². The van der Waals surface area contributed by atoms with Gasteiger partial charge in [0.2, 0.25) is 5.91 Å². The normalized spacial score (nSPS) is 13.7. The van der Waals surface area contributed by atoms with Gasteiger partial charge in [-0.2, -0.15) is 0 Å². The Morgan fingerprint density at radius 2 is 1.86 bits per heavy atom. The number of fused-ring (bicyclic) bond motifs is 1. The van der Waals surface area contributed by atoms with Crippen molar-refractivity contribution < 1.29 is 26.4 Å². The fourth-order valence-corrected chi connectivity index (χ4v) is 3.30. The summed E-state index contributed by atoms with van der Waals surface area (Å²) in [6, 6.07) is 9.35. The van der Waals surface area contributed by atoms with Crippen LogP contribution < -0.4 is 14.2 Å². The van der Waals surface area contributed by atoms with Crippen LogP contribution in [-0.4, -0.2) is 27.1 Å². The van der Waals surface area contributed by atoms with E-state index in [4.69, 9.17) is 32.1 Å². The Morgan fingerprint density at radius 3 is 2.66 bits per heavy atom.